The molecule has 6 nitrogen and oxygen atoms in total. The number of likely N-dealkylation sites (N-methyl/N-ethyl adjacent to an activating group) is 1. The summed E-state index contributed by atoms with van der Waals surface area (Å²) in [6, 6.07) is 3.80. The number of nitrogens with zero attached hydrogens (tertiary/aromatic N) is 3. The summed E-state index contributed by atoms with van der Waals surface area (Å²) >= 11 is 12.6. The maximum atomic E-state index is 6.49. The Kier molecular flexibility index (Phi) is 5.96. The molecular formula is C18H22Cl2N5O+. The van der Waals surface area contributed by atoms with E-state index in [4.69, 9.17) is 27.9 Å². The molecule has 0 aliphatic carbocycles. The highest BCUT2D eigenvalue weighted by Crippen LogP contribution is 2.35. The standard InChI is InChI=1S/C18H21Cl2N5O/c1-4-25(5-2)6-7-26-14-9-12(13(19)8-11(14)3)15-16-17(22-10-21-16)24-18(20)23-15/h8-10H,4-7H2,1-3H3,(H,21,22,23,24)/p+1. The number of aryl methyl sites for hydroxylation is 1. The van der Waals surface area contributed by atoms with Gasteiger partial charge in [-0.2, -0.15) is 4.98 Å². The number of ether oxygens (including phenoxy) is 1. The SMILES string of the molecule is CCN(CC)CCOc1cc(-c2nc(Cl)nc3[nH+]c[nH]c23)c(Cl)cc1C. The lowest BCUT2D eigenvalue weighted by molar-refractivity contribution is -0.347. The van der Waals surface area contributed by atoms with Gasteiger partial charge < -0.3 is 9.64 Å². The maximum Gasteiger partial charge on any atom is 0.305 e. The van der Waals surface area contributed by atoms with Gasteiger partial charge in [0.1, 0.15) is 18.1 Å². The zero-order valence-electron chi connectivity index (χ0n) is 15.1. The number of hydrogen-bond acceptors (Lipinski definition) is 4. The van der Waals surface area contributed by atoms with E-state index < -0.39 is 0 Å². The van der Waals surface area contributed by atoms with Gasteiger partial charge in [-0.3, -0.25) is 4.98 Å². The molecule has 0 spiro atoms. The fraction of sp³-hybridized carbons (Fsp3) is 0.389. The highest BCUT2D eigenvalue weighted by atomic mass is 35.5. The molecule has 3 rings (SSSR count). The second kappa shape index (κ2) is 8.20. The van der Waals surface area contributed by atoms with Crippen molar-refractivity contribution in [3.05, 3.63) is 34.3 Å². The molecule has 0 amide bonds. The van der Waals surface area contributed by atoms with E-state index in [-0.39, 0.29) is 5.28 Å². The molecule has 2 N–H and O–H groups in total. The Labute approximate surface area is 162 Å². The van der Waals surface area contributed by atoms with Crippen molar-refractivity contribution in [1.82, 2.24) is 19.9 Å². The molecule has 2 heterocycles. The van der Waals surface area contributed by atoms with Crippen LogP contribution in [0.1, 0.15) is 19.4 Å². The van der Waals surface area contributed by atoms with Crippen molar-refractivity contribution in [3.63, 3.8) is 0 Å². The summed E-state index contributed by atoms with van der Waals surface area (Å²) in [4.78, 5) is 17.0. The average molecular weight is 395 g/mol. The Morgan fingerprint density at radius 1 is 1.19 bits per heavy atom. The second-order valence-corrected chi connectivity index (χ2v) is 6.72. The van der Waals surface area contributed by atoms with Crippen LogP contribution in [0.3, 0.4) is 0 Å². The molecule has 26 heavy (non-hydrogen) atoms. The van der Waals surface area contributed by atoms with E-state index >= 15 is 0 Å². The minimum Gasteiger partial charge on any atom is -0.492 e. The Morgan fingerprint density at radius 3 is 2.69 bits per heavy atom. The van der Waals surface area contributed by atoms with Gasteiger partial charge in [0.05, 0.1) is 5.02 Å². The van der Waals surface area contributed by atoms with Crippen LogP contribution >= 0.6 is 23.2 Å². The number of H-pyrrole nitrogens is 2. The second-order valence-electron chi connectivity index (χ2n) is 5.97. The fourth-order valence-corrected chi connectivity index (χ4v) is 3.34. The van der Waals surface area contributed by atoms with Crippen LogP contribution in [0.15, 0.2) is 18.5 Å². The topological polar surface area (TPSA) is 68.2 Å². The molecule has 3 aromatic rings. The van der Waals surface area contributed by atoms with Gasteiger partial charge in [-0.05, 0) is 49.3 Å². The Morgan fingerprint density at radius 2 is 1.96 bits per heavy atom. The average Bonchev–Trinajstić information content (AvgIpc) is 3.08. The smallest absolute Gasteiger partial charge is 0.305 e. The van der Waals surface area contributed by atoms with Crippen LogP contribution in [0.4, 0.5) is 0 Å². The highest BCUT2D eigenvalue weighted by molar-refractivity contribution is 6.34. The van der Waals surface area contributed by atoms with Gasteiger partial charge >= 0.3 is 5.65 Å². The normalized spacial score (nSPS) is 11.5. The lowest BCUT2D eigenvalue weighted by Gasteiger charge is -2.19. The molecule has 0 aliphatic rings. The maximum absolute atomic E-state index is 6.49. The molecule has 8 heteroatoms. The predicted octanol–water partition coefficient (Wildman–Crippen LogP) is 3.77. The molecule has 0 atom stereocenters. The molecule has 138 valence electrons. The summed E-state index contributed by atoms with van der Waals surface area (Å²) < 4.78 is 6.02. The summed E-state index contributed by atoms with van der Waals surface area (Å²) in [6.07, 6.45) is 1.68. The number of nitrogens with one attached hydrogen (secondary N) is 2. The van der Waals surface area contributed by atoms with Crippen LogP contribution < -0.4 is 9.72 Å². The van der Waals surface area contributed by atoms with Gasteiger partial charge in [0.2, 0.25) is 0 Å². The first-order chi connectivity index (χ1) is 12.5. The van der Waals surface area contributed by atoms with Crippen molar-refractivity contribution in [2.24, 2.45) is 0 Å². The third-order valence-electron chi connectivity index (χ3n) is 4.39. The minimum atomic E-state index is 0.156. The number of benzene rings is 1. The molecule has 0 fully saturated rings. The molecule has 0 saturated heterocycles. The summed E-state index contributed by atoms with van der Waals surface area (Å²) in [7, 11) is 0. The van der Waals surface area contributed by atoms with Crippen LogP contribution in [-0.4, -0.2) is 46.1 Å². The van der Waals surface area contributed by atoms with E-state index in [0.717, 1.165) is 42.0 Å². The number of fused-ring (bicyclic) bond motifs is 1. The molecule has 0 radical (unpaired) electrons. The fourth-order valence-electron chi connectivity index (χ4n) is 2.86. The monoisotopic (exact) mass is 394 g/mol. The van der Waals surface area contributed by atoms with Gasteiger partial charge in [0.25, 0.3) is 5.28 Å². The van der Waals surface area contributed by atoms with Gasteiger partial charge in [0, 0.05) is 12.1 Å². The lowest BCUT2D eigenvalue weighted by atomic mass is 10.1. The molecule has 0 bridgehead atoms. The van der Waals surface area contributed by atoms with Crippen molar-refractivity contribution in [3.8, 4) is 17.0 Å². The number of hydrogen-bond donors (Lipinski definition) is 1. The van der Waals surface area contributed by atoms with Crippen LogP contribution in [0.5, 0.6) is 5.75 Å². The van der Waals surface area contributed by atoms with Gasteiger partial charge in [-0.1, -0.05) is 30.4 Å². The van der Waals surface area contributed by atoms with Crippen molar-refractivity contribution in [1.29, 1.82) is 0 Å². The molecule has 0 unspecified atom stereocenters. The van der Waals surface area contributed by atoms with Crippen molar-refractivity contribution in [2.45, 2.75) is 20.8 Å². The number of imidazole rings is 1. The molecule has 0 saturated carbocycles. The summed E-state index contributed by atoms with van der Waals surface area (Å²) in [5, 5.41) is 0.744. The quantitative estimate of drug-likeness (QED) is 0.619. The number of aromatic nitrogens is 4. The van der Waals surface area contributed by atoms with E-state index in [9.17, 15) is 0 Å². The third kappa shape index (κ3) is 3.92. The number of aromatic amines is 2. The zero-order chi connectivity index (χ0) is 18.7. The first-order valence-electron chi connectivity index (χ1n) is 8.61. The lowest BCUT2D eigenvalue weighted by Crippen LogP contribution is -2.28. The molecular weight excluding hydrogens is 373 g/mol. The van der Waals surface area contributed by atoms with E-state index in [2.05, 4.69) is 38.7 Å². The summed E-state index contributed by atoms with van der Waals surface area (Å²) in [5.74, 6) is 0.787. The van der Waals surface area contributed by atoms with Gasteiger partial charge in [0.15, 0.2) is 11.8 Å². The summed E-state index contributed by atoms with van der Waals surface area (Å²) in [5.41, 5.74) is 3.74. The van der Waals surface area contributed by atoms with Crippen LogP contribution in [-0.2, 0) is 0 Å². The number of halogens is 2. The Balaban J connectivity index is 1.94. The highest BCUT2D eigenvalue weighted by Gasteiger charge is 2.20. The molecule has 0 aliphatic heterocycles. The van der Waals surface area contributed by atoms with E-state index in [0.29, 0.717) is 23.0 Å². The van der Waals surface area contributed by atoms with Gasteiger partial charge in [-0.15, -0.1) is 0 Å². The van der Waals surface area contributed by atoms with Crippen molar-refractivity contribution in [2.75, 3.05) is 26.2 Å². The van der Waals surface area contributed by atoms with Gasteiger partial charge in [-0.25, -0.2) is 4.98 Å². The molecule has 2 aromatic heterocycles. The third-order valence-corrected chi connectivity index (χ3v) is 4.87. The van der Waals surface area contributed by atoms with Crippen LogP contribution in [0.2, 0.25) is 10.3 Å². The Bertz CT molecular complexity index is 908. The molecule has 1 aromatic carbocycles. The van der Waals surface area contributed by atoms with Crippen molar-refractivity contribution >= 4 is 34.4 Å². The van der Waals surface area contributed by atoms with Crippen molar-refractivity contribution < 1.29 is 9.72 Å². The van der Waals surface area contributed by atoms with E-state index in [1.54, 1.807) is 6.33 Å². The predicted molar refractivity (Wildman–Crippen MR) is 104 cm³/mol. The minimum absolute atomic E-state index is 0.156. The van der Waals surface area contributed by atoms with Crippen LogP contribution in [0.25, 0.3) is 22.4 Å². The first-order valence-corrected chi connectivity index (χ1v) is 9.37. The first kappa shape index (κ1) is 18.9. The summed E-state index contributed by atoms with van der Waals surface area (Å²) in [6.45, 7) is 9.77. The Hall–Kier alpha value is -1.89. The zero-order valence-corrected chi connectivity index (χ0v) is 16.6. The largest absolute Gasteiger partial charge is 0.492 e. The van der Waals surface area contributed by atoms with E-state index in [1.807, 2.05) is 19.1 Å². The van der Waals surface area contributed by atoms with E-state index in [1.165, 1.54) is 0 Å². The van der Waals surface area contributed by atoms with Crippen LogP contribution in [0, 0.1) is 6.92 Å². The number of rotatable bonds is 7.